The summed E-state index contributed by atoms with van der Waals surface area (Å²) in [6.45, 7) is 0. The number of halogens is 2. The Balaban J connectivity index is 1.44. The van der Waals surface area contributed by atoms with Crippen molar-refractivity contribution in [2.45, 2.75) is 0 Å². The summed E-state index contributed by atoms with van der Waals surface area (Å²) in [7, 11) is 0. The third-order valence-corrected chi connectivity index (χ3v) is 4.17. The number of anilines is 1. The van der Waals surface area contributed by atoms with Crippen molar-refractivity contribution in [3.63, 3.8) is 0 Å². The van der Waals surface area contributed by atoms with E-state index in [4.69, 9.17) is 4.74 Å². The maximum Gasteiger partial charge on any atom is 0.255 e. The Morgan fingerprint density at radius 3 is 2.10 bits per heavy atom. The molecular weight excluding hydrogens is 388 g/mol. The minimum absolute atomic E-state index is 0.313. The zero-order valence-corrected chi connectivity index (χ0v) is 15.5. The van der Waals surface area contributed by atoms with Crippen molar-refractivity contribution in [3.05, 3.63) is 102 Å². The minimum atomic E-state index is -0.373. The standard InChI is InChI=1S/C23H15F2N3O2/c24-17-5-1-15(2-6-17)22-26-14-13-21(28-22)30-20-11-3-16(4-12-20)23(29)27-19-9-7-18(25)8-10-19/h1-14H,(H,27,29). The van der Waals surface area contributed by atoms with E-state index in [1.807, 2.05) is 0 Å². The van der Waals surface area contributed by atoms with E-state index < -0.39 is 0 Å². The van der Waals surface area contributed by atoms with Crippen molar-refractivity contribution >= 4 is 11.6 Å². The lowest BCUT2D eigenvalue weighted by molar-refractivity contribution is 0.102. The second-order valence-electron chi connectivity index (χ2n) is 6.31. The van der Waals surface area contributed by atoms with Gasteiger partial charge < -0.3 is 10.1 Å². The van der Waals surface area contributed by atoms with Crippen LogP contribution in [0.3, 0.4) is 0 Å². The maximum atomic E-state index is 13.1. The second kappa shape index (κ2) is 8.48. The molecule has 4 aromatic rings. The van der Waals surface area contributed by atoms with Crippen LogP contribution in [0.15, 0.2) is 85.1 Å². The van der Waals surface area contributed by atoms with Crippen LogP contribution in [0.4, 0.5) is 14.5 Å². The minimum Gasteiger partial charge on any atom is -0.439 e. The molecule has 0 unspecified atom stereocenters. The summed E-state index contributed by atoms with van der Waals surface area (Å²) in [5.41, 5.74) is 1.58. The van der Waals surface area contributed by atoms with Crippen molar-refractivity contribution < 1.29 is 18.3 Å². The van der Waals surface area contributed by atoms with Gasteiger partial charge in [0.2, 0.25) is 5.88 Å². The largest absolute Gasteiger partial charge is 0.439 e. The SMILES string of the molecule is O=C(Nc1ccc(F)cc1)c1ccc(Oc2ccnc(-c3ccc(F)cc3)n2)cc1. The van der Waals surface area contributed by atoms with Crippen molar-refractivity contribution in [3.8, 4) is 23.0 Å². The van der Waals surface area contributed by atoms with Crippen LogP contribution in [-0.2, 0) is 0 Å². The molecule has 148 valence electrons. The number of hydrogen-bond acceptors (Lipinski definition) is 4. The lowest BCUT2D eigenvalue weighted by Gasteiger charge is -2.08. The number of nitrogens with one attached hydrogen (secondary N) is 1. The van der Waals surface area contributed by atoms with Crippen LogP contribution >= 0.6 is 0 Å². The van der Waals surface area contributed by atoms with Crippen LogP contribution in [0.25, 0.3) is 11.4 Å². The number of aromatic nitrogens is 2. The average molecular weight is 403 g/mol. The molecule has 0 atom stereocenters. The van der Waals surface area contributed by atoms with E-state index in [1.54, 1.807) is 48.7 Å². The zero-order valence-electron chi connectivity index (χ0n) is 15.5. The van der Waals surface area contributed by atoms with Crippen LogP contribution < -0.4 is 10.1 Å². The van der Waals surface area contributed by atoms with Gasteiger partial charge in [0.05, 0.1) is 0 Å². The van der Waals surface area contributed by atoms with E-state index in [2.05, 4.69) is 15.3 Å². The number of benzene rings is 3. The summed E-state index contributed by atoms with van der Waals surface area (Å²) in [5.74, 6) is 0.165. The van der Waals surface area contributed by atoms with Gasteiger partial charge in [-0.3, -0.25) is 4.79 Å². The van der Waals surface area contributed by atoms with E-state index in [0.717, 1.165) is 0 Å². The molecule has 0 spiro atoms. The first-order chi connectivity index (χ1) is 14.6. The quantitative estimate of drug-likeness (QED) is 0.480. The normalized spacial score (nSPS) is 10.5. The number of nitrogens with zero attached hydrogens (tertiary/aromatic N) is 2. The fourth-order valence-corrected chi connectivity index (χ4v) is 2.67. The summed E-state index contributed by atoms with van der Waals surface area (Å²) < 4.78 is 31.8. The first kappa shape index (κ1) is 19.2. The molecule has 3 aromatic carbocycles. The van der Waals surface area contributed by atoms with Gasteiger partial charge in [-0.25, -0.2) is 13.8 Å². The highest BCUT2D eigenvalue weighted by Crippen LogP contribution is 2.23. The fourth-order valence-electron chi connectivity index (χ4n) is 2.67. The van der Waals surface area contributed by atoms with E-state index in [1.165, 1.54) is 36.4 Å². The Bertz CT molecular complexity index is 1160. The summed E-state index contributed by atoms with van der Waals surface area (Å²) >= 11 is 0. The summed E-state index contributed by atoms with van der Waals surface area (Å²) in [6, 6.07) is 19.4. The van der Waals surface area contributed by atoms with Crippen molar-refractivity contribution in [2.24, 2.45) is 0 Å². The number of ether oxygens (including phenoxy) is 1. The number of rotatable bonds is 5. The van der Waals surface area contributed by atoms with Crippen LogP contribution in [0.1, 0.15) is 10.4 Å². The van der Waals surface area contributed by atoms with Crippen LogP contribution in [0.5, 0.6) is 11.6 Å². The summed E-state index contributed by atoms with van der Waals surface area (Å²) in [6.07, 6.45) is 1.55. The molecule has 4 rings (SSSR count). The van der Waals surface area contributed by atoms with Gasteiger partial charge in [-0.2, -0.15) is 4.98 Å². The molecule has 0 saturated carbocycles. The third kappa shape index (κ3) is 4.64. The van der Waals surface area contributed by atoms with Crippen LogP contribution in [0.2, 0.25) is 0 Å². The fraction of sp³-hybridized carbons (Fsp3) is 0. The molecule has 1 aromatic heterocycles. The van der Waals surface area contributed by atoms with Gasteiger partial charge in [-0.1, -0.05) is 0 Å². The lowest BCUT2D eigenvalue weighted by Crippen LogP contribution is -2.11. The molecule has 1 heterocycles. The highest BCUT2D eigenvalue weighted by atomic mass is 19.1. The Labute approximate surface area is 171 Å². The smallest absolute Gasteiger partial charge is 0.255 e. The van der Waals surface area contributed by atoms with E-state index in [0.29, 0.717) is 34.3 Å². The van der Waals surface area contributed by atoms with Gasteiger partial charge in [0.1, 0.15) is 17.4 Å². The third-order valence-electron chi connectivity index (χ3n) is 4.17. The summed E-state index contributed by atoms with van der Waals surface area (Å²) in [5, 5.41) is 2.69. The molecule has 1 N–H and O–H groups in total. The highest BCUT2D eigenvalue weighted by Gasteiger charge is 2.08. The number of hydrogen-bond donors (Lipinski definition) is 1. The van der Waals surface area contributed by atoms with Gasteiger partial charge in [-0.15, -0.1) is 0 Å². The Hall–Kier alpha value is -4.13. The number of carbonyl (C=O) groups excluding carboxylic acids is 1. The topological polar surface area (TPSA) is 64.1 Å². The predicted octanol–water partition coefficient (Wildman–Crippen LogP) is 5.47. The van der Waals surface area contributed by atoms with Crippen molar-refractivity contribution in [1.82, 2.24) is 9.97 Å². The van der Waals surface area contributed by atoms with Gasteiger partial charge in [0.25, 0.3) is 5.91 Å². The van der Waals surface area contributed by atoms with Crippen molar-refractivity contribution in [2.75, 3.05) is 5.32 Å². The molecule has 0 saturated heterocycles. The molecule has 30 heavy (non-hydrogen) atoms. The van der Waals surface area contributed by atoms with Crippen LogP contribution in [-0.4, -0.2) is 15.9 Å². The Morgan fingerprint density at radius 2 is 1.43 bits per heavy atom. The van der Waals surface area contributed by atoms with Gasteiger partial charge in [0, 0.05) is 29.1 Å². The number of amides is 1. The first-order valence-electron chi connectivity index (χ1n) is 9.01. The highest BCUT2D eigenvalue weighted by molar-refractivity contribution is 6.04. The van der Waals surface area contributed by atoms with Gasteiger partial charge in [0.15, 0.2) is 5.82 Å². The van der Waals surface area contributed by atoms with Crippen LogP contribution in [0, 0.1) is 11.6 Å². The Kier molecular flexibility index (Phi) is 5.43. The molecule has 0 bridgehead atoms. The van der Waals surface area contributed by atoms with Gasteiger partial charge >= 0.3 is 0 Å². The van der Waals surface area contributed by atoms with E-state index in [9.17, 15) is 13.6 Å². The average Bonchev–Trinajstić information content (AvgIpc) is 2.76. The van der Waals surface area contributed by atoms with Crippen molar-refractivity contribution in [1.29, 1.82) is 0 Å². The molecule has 7 heteroatoms. The van der Waals surface area contributed by atoms with Gasteiger partial charge in [-0.05, 0) is 72.8 Å². The summed E-state index contributed by atoms with van der Waals surface area (Å²) in [4.78, 5) is 20.8. The molecule has 5 nitrogen and oxygen atoms in total. The molecule has 0 fully saturated rings. The molecular formula is C23H15F2N3O2. The maximum absolute atomic E-state index is 13.1. The molecule has 0 aliphatic rings. The number of carbonyl (C=O) groups is 1. The Morgan fingerprint density at radius 1 is 0.800 bits per heavy atom. The molecule has 0 aliphatic carbocycles. The van der Waals surface area contributed by atoms with E-state index in [-0.39, 0.29) is 17.5 Å². The molecule has 1 amide bonds. The monoisotopic (exact) mass is 403 g/mol. The second-order valence-corrected chi connectivity index (χ2v) is 6.31. The zero-order chi connectivity index (χ0) is 20.9. The van der Waals surface area contributed by atoms with E-state index >= 15 is 0 Å². The molecule has 0 aliphatic heterocycles. The lowest BCUT2D eigenvalue weighted by atomic mass is 10.2. The molecule has 0 radical (unpaired) electrons. The predicted molar refractivity (Wildman–Crippen MR) is 108 cm³/mol. The first-order valence-corrected chi connectivity index (χ1v) is 9.01.